The summed E-state index contributed by atoms with van der Waals surface area (Å²) in [7, 11) is 0. The van der Waals surface area contributed by atoms with Gasteiger partial charge < -0.3 is 9.80 Å². The Kier molecular flexibility index (Phi) is 5.40. The lowest BCUT2D eigenvalue weighted by Gasteiger charge is -2.28. The van der Waals surface area contributed by atoms with E-state index in [-0.39, 0.29) is 0 Å². The van der Waals surface area contributed by atoms with Crippen molar-refractivity contribution in [2.75, 3.05) is 39.3 Å². The van der Waals surface area contributed by atoms with Crippen LogP contribution in [-0.4, -0.2) is 49.1 Å². The molecule has 77 valence electrons. The van der Waals surface area contributed by atoms with E-state index in [9.17, 15) is 0 Å². The van der Waals surface area contributed by atoms with Gasteiger partial charge >= 0.3 is 0 Å². The maximum atomic E-state index is 2.58. The van der Waals surface area contributed by atoms with Crippen molar-refractivity contribution in [3.8, 4) is 0 Å². The average Bonchev–Trinajstić information content (AvgIpc) is 2.21. The lowest BCUT2D eigenvalue weighted by molar-refractivity contribution is 0.203. The molecule has 13 heavy (non-hydrogen) atoms. The van der Waals surface area contributed by atoms with E-state index in [0.717, 1.165) is 0 Å². The Balaban J connectivity index is 2.09. The molecule has 1 fully saturated rings. The first kappa shape index (κ1) is 11.0. The molecule has 0 amide bonds. The minimum Gasteiger partial charge on any atom is -0.303 e. The molecular formula is C11H23N2. The largest absolute Gasteiger partial charge is 0.303 e. The Bertz CT molecular complexity index is 115. The summed E-state index contributed by atoms with van der Waals surface area (Å²) in [5.41, 5.74) is 0. The number of likely N-dealkylation sites (N-methyl/N-ethyl adjacent to an activating group) is 1. The van der Waals surface area contributed by atoms with E-state index in [1.807, 2.05) is 0 Å². The highest BCUT2D eigenvalue weighted by atomic mass is 15.2. The van der Waals surface area contributed by atoms with Crippen LogP contribution < -0.4 is 0 Å². The van der Waals surface area contributed by atoms with Crippen LogP contribution in [0.3, 0.4) is 0 Å². The molecule has 0 saturated carbocycles. The fourth-order valence-electron chi connectivity index (χ4n) is 1.85. The highest BCUT2D eigenvalue weighted by Crippen LogP contribution is 2.06. The van der Waals surface area contributed by atoms with Gasteiger partial charge in [-0.05, 0) is 45.4 Å². The van der Waals surface area contributed by atoms with Gasteiger partial charge in [0.1, 0.15) is 0 Å². The number of piperidine rings is 1. The molecule has 1 saturated heterocycles. The van der Waals surface area contributed by atoms with E-state index < -0.39 is 0 Å². The quantitative estimate of drug-likeness (QED) is 0.639. The molecule has 0 unspecified atom stereocenters. The van der Waals surface area contributed by atoms with Crippen molar-refractivity contribution in [2.45, 2.75) is 26.7 Å². The molecule has 0 aromatic carbocycles. The SMILES string of the molecule is CCN(CC)CCN1CC[CH]CC1. The standard InChI is InChI=1S/C11H23N2/c1-3-12(4-2)10-11-13-8-6-5-7-9-13/h5H,3-4,6-11H2,1-2H3. The Morgan fingerprint density at radius 1 is 1.15 bits per heavy atom. The minimum atomic E-state index is 1.19. The maximum Gasteiger partial charge on any atom is 0.0109 e. The first-order valence-corrected chi connectivity index (χ1v) is 5.63. The van der Waals surface area contributed by atoms with Gasteiger partial charge in [0.25, 0.3) is 0 Å². The van der Waals surface area contributed by atoms with Crippen molar-refractivity contribution in [2.24, 2.45) is 0 Å². The van der Waals surface area contributed by atoms with Gasteiger partial charge in [-0.1, -0.05) is 13.8 Å². The second-order valence-corrected chi connectivity index (χ2v) is 3.73. The summed E-state index contributed by atoms with van der Waals surface area (Å²) < 4.78 is 0. The van der Waals surface area contributed by atoms with Crippen molar-refractivity contribution in [1.82, 2.24) is 9.80 Å². The van der Waals surface area contributed by atoms with E-state index in [4.69, 9.17) is 0 Å². The number of rotatable bonds is 5. The molecule has 1 aliphatic rings. The monoisotopic (exact) mass is 183 g/mol. The lowest BCUT2D eigenvalue weighted by Crippen LogP contribution is -2.37. The molecule has 1 radical (unpaired) electrons. The van der Waals surface area contributed by atoms with Gasteiger partial charge in [-0.2, -0.15) is 0 Å². The molecule has 2 nitrogen and oxygen atoms in total. The number of nitrogens with zero attached hydrogens (tertiary/aromatic N) is 2. The first-order valence-electron chi connectivity index (χ1n) is 5.63. The van der Waals surface area contributed by atoms with Crippen molar-refractivity contribution < 1.29 is 0 Å². The molecule has 1 heterocycles. The number of hydrogen-bond acceptors (Lipinski definition) is 2. The van der Waals surface area contributed by atoms with Crippen LogP contribution in [0.4, 0.5) is 0 Å². The fourth-order valence-corrected chi connectivity index (χ4v) is 1.85. The summed E-state index contributed by atoms with van der Waals surface area (Å²) in [4.78, 5) is 5.08. The van der Waals surface area contributed by atoms with Gasteiger partial charge in [0.2, 0.25) is 0 Å². The third kappa shape index (κ3) is 4.10. The minimum absolute atomic E-state index is 1.19. The number of likely N-dealkylation sites (tertiary alicyclic amines) is 1. The maximum absolute atomic E-state index is 2.58. The summed E-state index contributed by atoms with van der Waals surface area (Å²) in [5.74, 6) is 0. The molecule has 0 aromatic rings. The molecule has 1 rings (SSSR count). The third-order valence-electron chi connectivity index (χ3n) is 2.93. The summed E-state index contributed by atoms with van der Waals surface area (Å²) >= 11 is 0. The van der Waals surface area contributed by atoms with Crippen molar-refractivity contribution >= 4 is 0 Å². The number of hydrogen-bond donors (Lipinski definition) is 0. The zero-order valence-corrected chi connectivity index (χ0v) is 9.13. The van der Waals surface area contributed by atoms with Crippen molar-refractivity contribution in [3.63, 3.8) is 0 Å². The molecule has 0 aliphatic carbocycles. The first-order chi connectivity index (χ1) is 6.36. The van der Waals surface area contributed by atoms with Crippen LogP contribution in [0.2, 0.25) is 0 Å². The average molecular weight is 183 g/mol. The van der Waals surface area contributed by atoms with Gasteiger partial charge in [-0.3, -0.25) is 0 Å². The van der Waals surface area contributed by atoms with Crippen LogP contribution in [0.25, 0.3) is 0 Å². The Morgan fingerprint density at radius 3 is 2.31 bits per heavy atom. The topological polar surface area (TPSA) is 6.48 Å². The zero-order valence-electron chi connectivity index (χ0n) is 9.13. The predicted octanol–water partition coefficient (Wildman–Crippen LogP) is 1.63. The molecule has 1 aliphatic heterocycles. The van der Waals surface area contributed by atoms with Crippen LogP contribution in [0.1, 0.15) is 26.7 Å². The van der Waals surface area contributed by atoms with Crippen LogP contribution in [0.15, 0.2) is 0 Å². The zero-order chi connectivity index (χ0) is 9.52. The van der Waals surface area contributed by atoms with Gasteiger partial charge in [-0.15, -0.1) is 0 Å². The summed E-state index contributed by atoms with van der Waals surface area (Å²) in [6.07, 6.45) is 4.99. The Hall–Kier alpha value is -0.0800. The van der Waals surface area contributed by atoms with Gasteiger partial charge in [-0.25, -0.2) is 0 Å². The normalized spacial score (nSPS) is 19.6. The van der Waals surface area contributed by atoms with E-state index >= 15 is 0 Å². The summed E-state index contributed by atoms with van der Waals surface area (Å²) in [5, 5.41) is 0. The van der Waals surface area contributed by atoms with Crippen LogP contribution in [0, 0.1) is 6.42 Å². The smallest absolute Gasteiger partial charge is 0.0109 e. The van der Waals surface area contributed by atoms with Crippen molar-refractivity contribution in [1.29, 1.82) is 0 Å². The highest BCUT2D eigenvalue weighted by Gasteiger charge is 2.10. The summed E-state index contributed by atoms with van der Waals surface area (Å²) in [6.45, 7) is 11.9. The molecule has 0 aromatic heterocycles. The van der Waals surface area contributed by atoms with E-state index in [1.54, 1.807) is 0 Å². The molecule has 0 N–H and O–H groups in total. The van der Waals surface area contributed by atoms with Gasteiger partial charge in [0, 0.05) is 13.1 Å². The molecule has 2 heteroatoms. The van der Waals surface area contributed by atoms with E-state index in [2.05, 4.69) is 30.1 Å². The molecule has 0 bridgehead atoms. The van der Waals surface area contributed by atoms with Gasteiger partial charge in [0.05, 0.1) is 0 Å². The fraction of sp³-hybridized carbons (Fsp3) is 0.909. The molecule has 0 spiro atoms. The van der Waals surface area contributed by atoms with Crippen LogP contribution >= 0.6 is 0 Å². The van der Waals surface area contributed by atoms with Gasteiger partial charge in [0.15, 0.2) is 0 Å². The van der Waals surface area contributed by atoms with E-state index in [0.29, 0.717) is 0 Å². The Labute approximate surface area is 82.9 Å². The second-order valence-electron chi connectivity index (χ2n) is 3.73. The molecule has 0 atom stereocenters. The highest BCUT2D eigenvalue weighted by molar-refractivity contribution is 4.76. The van der Waals surface area contributed by atoms with Crippen LogP contribution in [0.5, 0.6) is 0 Å². The Morgan fingerprint density at radius 2 is 1.77 bits per heavy atom. The predicted molar refractivity (Wildman–Crippen MR) is 57.8 cm³/mol. The lowest BCUT2D eigenvalue weighted by atomic mass is 10.1. The second kappa shape index (κ2) is 6.39. The van der Waals surface area contributed by atoms with E-state index in [1.165, 1.54) is 52.1 Å². The third-order valence-corrected chi connectivity index (χ3v) is 2.93. The summed E-state index contributed by atoms with van der Waals surface area (Å²) in [6, 6.07) is 0. The van der Waals surface area contributed by atoms with Crippen LogP contribution in [-0.2, 0) is 0 Å². The van der Waals surface area contributed by atoms with Crippen molar-refractivity contribution in [3.05, 3.63) is 6.42 Å². The molecular weight excluding hydrogens is 160 g/mol.